The van der Waals surface area contributed by atoms with Gasteiger partial charge in [0.2, 0.25) is 0 Å². The van der Waals surface area contributed by atoms with Gasteiger partial charge in [-0.05, 0) is 11.1 Å². The van der Waals surface area contributed by atoms with Crippen molar-refractivity contribution in [2.75, 3.05) is 13.2 Å². The second-order valence-corrected chi connectivity index (χ2v) is 6.41. The molecule has 0 saturated carbocycles. The van der Waals surface area contributed by atoms with Crippen molar-refractivity contribution in [1.29, 1.82) is 0 Å². The first-order valence-electron chi connectivity index (χ1n) is 9.11. The first kappa shape index (κ1) is 19.7. The first-order chi connectivity index (χ1) is 13.3. The molecule has 1 unspecified atom stereocenters. The summed E-state index contributed by atoms with van der Waals surface area (Å²) in [7, 11) is 0. The minimum absolute atomic E-state index is 0.305. The van der Waals surface area contributed by atoms with Crippen LogP contribution < -0.4 is 0 Å². The fraction of sp³-hybridized carbons (Fsp3) is 0.364. The van der Waals surface area contributed by atoms with E-state index in [0.29, 0.717) is 26.4 Å². The summed E-state index contributed by atoms with van der Waals surface area (Å²) in [5.41, 5.74) is 2.13. The number of ether oxygens (including phenoxy) is 4. The van der Waals surface area contributed by atoms with Crippen LogP contribution in [0, 0.1) is 0 Å². The molecule has 1 saturated heterocycles. The summed E-state index contributed by atoms with van der Waals surface area (Å²) in [6.07, 6.45) is -0.855. The van der Waals surface area contributed by atoms with Crippen molar-refractivity contribution in [3.8, 4) is 0 Å². The Kier molecular flexibility index (Phi) is 7.56. The molecule has 4 atom stereocenters. The lowest BCUT2D eigenvalue weighted by atomic mass is 10.1. The maximum absolute atomic E-state index is 10.3. The summed E-state index contributed by atoms with van der Waals surface area (Å²) in [5, 5.41) is 10.3. The Labute approximate surface area is 160 Å². The predicted octanol–water partition coefficient (Wildman–Crippen LogP) is 3.08. The number of aliphatic hydroxyl groups is 1. The van der Waals surface area contributed by atoms with Crippen molar-refractivity contribution >= 4 is 0 Å². The van der Waals surface area contributed by atoms with Gasteiger partial charge >= 0.3 is 0 Å². The van der Waals surface area contributed by atoms with Crippen molar-refractivity contribution in [2.24, 2.45) is 0 Å². The van der Waals surface area contributed by atoms with Crippen LogP contribution in [0.15, 0.2) is 73.3 Å². The monoisotopic (exact) mass is 370 g/mol. The van der Waals surface area contributed by atoms with Crippen molar-refractivity contribution < 1.29 is 24.1 Å². The van der Waals surface area contributed by atoms with Crippen LogP contribution in [0.5, 0.6) is 0 Å². The SMILES string of the molecule is C=CCO[C@@H]1C(O)O[C@H](COCc2ccccc2)[C@H]1OCc1ccccc1. The molecule has 1 heterocycles. The molecule has 0 aliphatic carbocycles. The van der Waals surface area contributed by atoms with E-state index in [4.69, 9.17) is 18.9 Å². The van der Waals surface area contributed by atoms with Crippen LogP contribution in [0.1, 0.15) is 11.1 Å². The van der Waals surface area contributed by atoms with Crippen molar-refractivity contribution in [3.05, 3.63) is 84.4 Å². The fourth-order valence-electron chi connectivity index (χ4n) is 3.03. The molecule has 0 amide bonds. The summed E-state index contributed by atoms with van der Waals surface area (Å²) in [4.78, 5) is 0. The van der Waals surface area contributed by atoms with Gasteiger partial charge in [-0.3, -0.25) is 0 Å². The number of hydrogen-bond donors (Lipinski definition) is 1. The van der Waals surface area contributed by atoms with Gasteiger partial charge in [0.15, 0.2) is 6.29 Å². The molecule has 0 spiro atoms. The molecule has 144 valence electrons. The number of aliphatic hydroxyl groups excluding tert-OH is 1. The lowest BCUT2D eigenvalue weighted by Crippen LogP contribution is -2.39. The Morgan fingerprint density at radius 1 is 0.889 bits per heavy atom. The zero-order chi connectivity index (χ0) is 18.9. The highest BCUT2D eigenvalue weighted by atomic mass is 16.7. The Bertz CT molecular complexity index is 676. The van der Waals surface area contributed by atoms with Gasteiger partial charge < -0.3 is 24.1 Å². The van der Waals surface area contributed by atoms with Crippen LogP contribution in [0.2, 0.25) is 0 Å². The maximum atomic E-state index is 10.3. The second kappa shape index (κ2) is 10.3. The zero-order valence-electron chi connectivity index (χ0n) is 15.3. The third-order valence-corrected chi connectivity index (χ3v) is 4.37. The van der Waals surface area contributed by atoms with Gasteiger partial charge in [-0.25, -0.2) is 0 Å². The molecular formula is C22H26O5. The molecule has 0 bridgehead atoms. The average molecular weight is 370 g/mol. The summed E-state index contributed by atoms with van der Waals surface area (Å²) in [6, 6.07) is 19.8. The third kappa shape index (κ3) is 5.73. The van der Waals surface area contributed by atoms with E-state index in [1.807, 2.05) is 60.7 Å². The van der Waals surface area contributed by atoms with Gasteiger partial charge in [-0.15, -0.1) is 6.58 Å². The molecule has 3 rings (SSSR count). The van der Waals surface area contributed by atoms with Crippen molar-refractivity contribution in [2.45, 2.75) is 37.8 Å². The highest BCUT2D eigenvalue weighted by Gasteiger charge is 2.45. The molecule has 2 aromatic carbocycles. The smallest absolute Gasteiger partial charge is 0.184 e. The number of rotatable bonds is 10. The molecule has 2 aromatic rings. The largest absolute Gasteiger partial charge is 0.374 e. The van der Waals surface area contributed by atoms with Crippen molar-refractivity contribution in [3.63, 3.8) is 0 Å². The van der Waals surface area contributed by atoms with E-state index in [1.54, 1.807) is 6.08 Å². The number of benzene rings is 2. The molecule has 27 heavy (non-hydrogen) atoms. The molecule has 5 nitrogen and oxygen atoms in total. The maximum Gasteiger partial charge on any atom is 0.184 e. The van der Waals surface area contributed by atoms with Crippen LogP contribution in [0.25, 0.3) is 0 Å². The quantitative estimate of drug-likeness (QED) is 0.652. The first-order valence-corrected chi connectivity index (χ1v) is 9.11. The van der Waals surface area contributed by atoms with E-state index in [9.17, 15) is 5.11 Å². The van der Waals surface area contributed by atoms with E-state index in [2.05, 4.69) is 6.58 Å². The second-order valence-electron chi connectivity index (χ2n) is 6.41. The van der Waals surface area contributed by atoms with Gasteiger partial charge in [-0.2, -0.15) is 0 Å². The highest BCUT2D eigenvalue weighted by Crippen LogP contribution is 2.27. The van der Waals surface area contributed by atoms with Crippen molar-refractivity contribution in [1.82, 2.24) is 0 Å². The normalized spacial score (nSPS) is 24.8. The highest BCUT2D eigenvalue weighted by molar-refractivity contribution is 5.14. The Hall–Kier alpha value is -2.02. The van der Waals surface area contributed by atoms with Crippen LogP contribution in [-0.4, -0.2) is 42.9 Å². The molecule has 0 aromatic heterocycles. The minimum Gasteiger partial charge on any atom is -0.374 e. The van der Waals surface area contributed by atoms with Crippen LogP contribution in [0.3, 0.4) is 0 Å². The van der Waals surface area contributed by atoms with Crippen LogP contribution in [-0.2, 0) is 32.2 Å². The molecule has 1 fully saturated rings. The van der Waals surface area contributed by atoms with Gasteiger partial charge in [0, 0.05) is 0 Å². The standard InChI is InChI=1S/C22H26O5/c1-2-13-25-21-20(26-15-18-11-7-4-8-12-18)19(27-22(21)23)16-24-14-17-9-5-3-6-10-17/h2-12,19-23H,1,13-16H2/t19-,20-,21+,22?/m1/s1. The predicted molar refractivity (Wildman–Crippen MR) is 102 cm³/mol. The number of hydrogen-bond acceptors (Lipinski definition) is 5. The average Bonchev–Trinajstić information content (AvgIpc) is 3.00. The Morgan fingerprint density at radius 3 is 2.15 bits per heavy atom. The lowest BCUT2D eigenvalue weighted by Gasteiger charge is -2.23. The minimum atomic E-state index is -1.06. The summed E-state index contributed by atoms with van der Waals surface area (Å²) < 4.78 is 23.2. The summed E-state index contributed by atoms with van der Waals surface area (Å²) in [5.74, 6) is 0. The summed E-state index contributed by atoms with van der Waals surface area (Å²) in [6.45, 7) is 5.15. The van der Waals surface area contributed by atoms with Crippen LogP contribution in [0.4, 0.5) is 0 Å². The fourth-order valence-corrected chi connectivity index (χ4v) is 3.03. The molecule has 0 radical (unpaired) electrons. The molecule has 1 aliphatic rings. The Morgan fingerprint density at radius 2 is 1.52 bits per heavy atom. The molecule has 1 aliphatic heterocycles. The van der Waals surface area contributed by atoms with Crippen LogP contribution >= 0.6 is 0 Å². The van der Waals surface area contributed by atoms with E-state index in [-0.39, 0.29) is 0 Å². The molecule has 1 N–H and O–H groups in total. The molecule has 5 heteroatoms. The van der Waals surface area contributed by atoms with Gasteiger partial charge in [0.05, 0.1) is 26.4 Å². The van der Waals surface area contributed by atoms with Gasteiger partial charge in [0.1, 0.15) is 18.3 Å². The van der Waals surface area contributed by atoms with Gasteiger partial charge in [0.25, 0.3) is 0 Å². The summed E-state index contributed by atoms with van der Waals surface area (Å²) >= 11 is 0. The molecular weight excluding hydrogens is 344 g/mol. The van der Waals surface area contributed by atoms with E-state index < -0.39 is 24.6 Å². The van der Waals surface area contributed by atoms with E-state index >= 15 is 0 Å². The van der Waals surface area contributed by atoms with E-state index in [1.165, 1.54) is 0 Å². The lowest BCUT2D eigenvalue weighted by molar-refractivity contribution is -0.147. The topological polar surface area (TPSA) is 57.2 Å². The third-order valence-electron chi connectivity index (χ3n) is 4.37. The van der Waals surface area contributed by atoms with Gasteiger partial charge in [-0.1, -0.05) is 66.7 Å². The van der Waals surface area contributed by atoms with E-state index in [0.717, 1.165) is 11.1 Å². The Balaban J connectivity index is 1.59. The zero-order valence-corrected chi connectivity index (χ0v) is 15.3.